The molecule has 2 rings (SSSR count). The summed E-state index contributed by atoms with van der Waals surface area (Å²) >= 11 is 5.88. The average Bonchev–Trinajstić information content (AvgIpc) is 2.62. The molecule has 1 amide bonds. The fourth-order valence-electron chi connectivity index (χ4n) is 2.64. The van der Waals surface area contributed by atoms with Crippen LogP contribution in [-0.2, 0) is 19.6 Å². The number of benzene rings is 1. The van der Waals surface area contributed by atoms with Gasteiger partial charge in [0, 0.05) is 5.02 Å². The van der Waals surface area contributed by atoms with E-state index in [1.807, 2.05) is 0 Å². The molecular formula is C16H25ClN3O5S+. The molecule has 0 saturated carbocycles. The predicted molar refractivity (Wildman–Crippen MR) is 97.2 cm³/mol. The van der Waals surface area contributed by atoms with Gasteiger partial charge in [0.2, 0.25) is 15.9 Å². The number of carbonyl (C=O) groups is 1. The van der Waals surface area contributed by atoms with Crippen molar-refractivity contribution < 1.29 is 27.6 Å². The summed E-state index contributed by atoms with van der Waals surface area (Å²) < 4.78 is 37.8. The molecule has 0 aromatic heterocycles. The van der Waals surface area contributed by atoms with Gasteiger partial charge in [0.05, 0.1) is 39.5 Å². The van der Waals surface area contributed by atoms with Crippen molar-refractivity contribution in [3.63, 3.8) is 0 Å². The fourth-order valence-corrected chi connectivity index (χ4v) is 4.27. The van der Waals surface area contributed by atoms with Gasteiger partial charge in [0.15, 0.2) is 0 Å². The Balaban J connectivity index is 1.91. The molecule has 1 aliphatic heterocycles. The van der Waals surface area contributed by atoms with Crippen LogP contribution < -0.4 is 19.7 Å². The van der Waals surface area contributed by atoms with Crippen molar-refractivity contribution in [3.05, 3.63) is 23.2 Å². The highest BCUT2D eigenvalue weighted by atomic mass is 35.5. The van der Waals surface area contributed by atoms with E-state index in [2.05, 4.69) is 10.0 Å². The molecule has 1 aliphatic rings. The summed E-state index contributed by atoms with van der Waals surface area (Å²) in [6, 6.07) is 3.36. The van der Waals surface area contributed by atoms with Gasteiger partial charge in [-0.3, -0.25) is 4.79 Å². The molecule has 0 unspecified atom stereocenters. The number of sulfonamides is 1. The lowest BCUT2D eigenvalue weighted by molar-refractivity contribution is -0.906. The van der Waals surface area contributed by atoms with Gasteiger partial charge in [-0.25, -0.2) is 8.42 Å². The van der Waals surface area contributed by atoms with E-state index in [9.17, 15) is 13.2 Å². The first kappa shape index (κ1) is 20.9. The lowest BCUT2D eigenvalue weighted by Crippen LogP contribution is -3.14. The Hall–Kier alpha value is -1.39. The smallest absolute Gasteiger partial charge is 0.245 e. The van der Waals surface area contributed by atoms with E-state index in [4.69, 9.17) is 21.1 Å². The molecule has 1 saturated heterocycles. The van der Waals surface area contributed by atoms with Crippen LogP contribution in [0.2, 0.25) is 5.02 Å². The lowest BCUT2D eigenvalue weighted by atomic mass is 10.3. The quantitative estimate of drug-likeness (QED) is 0.517. The first-order chi connectivity index (χ1) is 12.3. The van der Waals surface area contributed by atoms with E-state index in [1.54, 1.807) is 0 Å². The van der Waals surface area contributed by atoms with Crippen LogP contribution in [0.4, 0.5) is 0 Å². The number of methoxy groups -OCH3 is 1. The van der Waals surface area contributed by atoms with Crippen LogP contribution in [0.3, 0.4) is 0 Å². The van der Waals surface area contributed by atoms with Crippen LogP contribution in [-0.4, -0.2) is 66.9 Å². The normalized spacial score (nSPS) is 16.9. The summed E-state index contributed by atoms with van der Waals surface area (Å²) in [5.74, 6) is -0.229. The summed E-state index contributed by atoms with van der Waals surface area (Å²) in [6.45, 7) is 6.00. The molecule has 26 heavy (non-hydrogen) atoms. The van der Waals surface area contributed by atoms with Crippen molar-refractivity contribution >= 4 is 27.5 Å². The maximum absolute atomic E-state index is 12.6. The number of rotatable bonds is 8. The second-order valence-electron chi connectivity index (χ2n) is 6.04. The zero-order valence-electron chi connectivity index (χ0n) is 14.9. The number of amides is 1. The van der Waals surface area contributed by atoms with Crippen LogP contribution >= 0.6 is 11.6 Å². The third kappa shape index (κ3) is 5.82. The van der Waals surface area contributed by atoms with E-state index in [1.165, 1.54) is 37.1 Å². The Morgan fingerprint density at radius 1 is 1.38 bits per heavy atom. The number of hydrogen-bond donors (Lipinski definition) is 3. The highest BCUT2D eigenvalue weighted by Crippen LogP contribution is 2.26. The van der Waals surface area contributed by atoms with Gasteiger partial charge in [-0.15, -0.1) is 0 Å². The molecule has 1 aromatic rings. The predicted octanol–water partition coefficient (Wildman–Crippen LogP) is -0.953. The highest BCUT2D eigenvalue weighted by Gasteiger charge is 2.25. The Bertz CT molecular complexity index is 723. The standard InChI is InChI=1S/C16H24ClN3O5S/c1-12(16(21)18-5-6-20-7-9-25-10-8-20)19-26(22,23)15-11-13(17)3-4-14(15)24-2/h3-4,11-12,19H,5-10H2,1-2H3,(H,18,21)/p+1/t12-/m1/s1. The van der Waals surface area contributed by atoms with Crippen molar-refractivity contribution in [3.8, 4) is 5.75 Å². The summed E-state index contributed by atoms with van der Waals surface area (Å²) in [7, 11) is -2.59. The van der Waals surface area contributed by atoms with Crippen molar-refractivity contribution in [2.75, 3.05) is 46.5 Å². The Labute approximate surface area is 158 Å². The van der Waals surface area contributed by atoms with Gasteiger partial charge in [-0.1, -0.05) is 11.6 Å². The third-order valence-electron chi connectivity index (χ3n) is 4.12. The second kappa shape index (κ2) is 9.52. The molecule has 0 aliphatic carbocycles. The van der Waals surface area contributed by atoms with E-state index < -0.39 is 16.1 Å². The maximum atomic E-state index is 12.6. The molecular weight excluding hydrogens is 382 g/mol. The van der Waals surface area contributed by atoms with Gasteiger partial charge in [0.25, 0.3) is 0 Å². The largest absolute Gasteiger partial charge is 0.495 e. The van der Waals surface area contributed by atoms with E-state index in [0.29, 0.717) is 6.54 Å². The fraction of sp³-hybridized carbons (Fsp3) is 0.562. The van der Waals surface area contributed by atoms with Crippen LogP contribution in [0.15, 0.2) is 23.1 Å². The molecule has 8 nitrogen and oxygen atoms in total. The number of ether oxygens (including phenoxy) is 2. The van der Waals surface area contributed by atoms with Gasteiger partial charge >= 0.3 is 0 Å². The Morgan fingerprint density at radius 2 is 2.08 bits per heavy atom. The van der Waals surface area contributed by atoms with E-state index >= 15 is 0 Å². The SMILES string of the molecule is COc1ccc(Cl)cc1S(=O)(=O)N[C@H](C)C(=O)NCC[NH+]1CCOCC1. The van der Waals surface area contributed by atoms with Gasteiger partial charge in [-0.05, 0) is 25.1 Å². The monoisotopic (exact) mass is 406 g/mol. The molecule has 0 spiro atoms. The minimum atomic E-state index is -3.96. The molecule has 1 heterocycles. The highest BCUT2D eigenvalue weighted by molar-refractivity contribution is 7.89. The van der Waals surface area contributed by atoms with Crippen molar-refractivity contribution in [1.29, 1.82) is 0 Å². The average molecular weight is 407 g/mol. The topological polar surface area (TPSA) is 98.2 Å². The Morgan fingerprint density at radius 3 is 2.73 bits per heavy atom. The van der Waals surface area contributed by atoms with Crippen molar-refractivity contribution in [2.24, 2.45) is 0 Å². The first-order valence-corrected chi connectivity index (χ1v) is 10.2. The van der Waals surface area contributed by atoms with Crippen LogP contribution in [0.1, 0.15) is 6.92 Å². The molecule has 1 atom stereocenters. The zero-order valence-corrected chi connectivity index (χ0v) is 16.5. The van der Waals surface area contributed by atoms with Gasteiger partial charge < -0.3 is 19.7 Å². The number of halogens is 1. The molecule has 1 aromatic carbocycles. The number of quaternary nitrogens is 1. The van der Waals surface area contributed by atoms with Gasteiger partial charge in [-0.2, -0.15) is 4.72 Å². The number of morpholine rings is 1. The van der Waals surface area contributed by atoms with Crippen LogP contribution in [0.25, 0.3) is 0 Å². The van der Waals surface area contributed by atoms with Crippen LogP contribution in [0, 0.1) is 0 Å². The summed E-state index contributed by atoms with van der Waals surface area (Å²) in [5.41, 5.74) is 0. The molecule has 0 radical (unpaired) electrons. The maximum Gasteiger partial charge on any atom is 0.245 e. The number of hydrogen-bond acceptors (Lipinski definition) is 5. The molecule has 146 valence electrons. The molecule has 10 heteroatoms. The van der Waals surface area contributed by atoms with Crippen molar-refractivity contribution in [2.45, 2.75) is 17.9 Å². The van der Waals surface area contributed by atoms with Gasteiger partial charge in [0.1, 0.15) is 23.7 Å². The minimum Gasteiger partial charge on any atom is -0.495 e. The zero-order chi connectivity index (χ0) is 19.2. The number of nitrogens with one attached hydrogen (secondary N) is 3. The van der Waals surface area contributed by atoms with Crippen molar-refractivity contribution in [1.82, 2.24) is 10.0 Å². The number of carbonyl (C=O) groups excluding carboxylic acids is 1. The Kier molecular flexibility index (Phi) is 7.66. The second-order valence-corrected chi connectivity index (χ2v) is 8.16. The van der Waals surface area contributed by atoms with E-state index in [-0.39, 0.29) is 21.6 Å². The summed E-state index contributed by atoms with van der Waals surface area (Å²) in [5, 5.41) is 3.02. The molecule has 0 bridgehead atoms. The lowest BCUT2D eigenvalue weighted by Gasteiger charge is -2.24. The molecule has 1 fully saturated rings. The van der Waals surface area contributed by atoms with Crippen LogP contribution in [0.5, 0.6) is 5.75 Å². The molecule has 3 N–H and O–H groups in total. The first-order valence-electron chi connectivity index (χ1n) is 8.38. The summed E-state index contributed by atoms with van der Waals surface area (Å²) in [4.78, 5) is 13.4. The minimum absolute atomic E-state index is 0.107. The summed E-state index contributed by atoms with van der Waals surface area (Å²) in [6.07, 6.45) is 0. The van der Waals surface area contributed by atoms with E-state index in [0.717, 1.165) is 32.8 Å². The third-order valence-corrected chi connectivity index (χ3v) is 5.92.